The van der Waals surface area contributed by atoms with Crippen molar-refractivity contribution >= 4 is 11.6 Å². The Morgan fingerprint density at radius 2 is 2.07 bits per heavy atom. The molecule has 0 amide bonds. The number of rotatable bonds is 4. The summed E-state index contributed by atoms with van der Waals surface area (Å²) in [4.78, 5) is 4.41. The van der Waals surface area contributed by atoms with Crippen molar-refractivity contribution in [2.75, 3.05) is 0 Å². The molecular formula is C11H19ClN2. The highest BCUT2D eigenvalue weighted by molar-refractivity contribution is 6.20. The number of nitrogens with zero attached hydrogens (tertiary/aromatic N) is 2. The minimum Gasteiger partial charge on any atom is -0.335 e. The van der Waals surface area contributed by atoms with Crippen molar-refractivity contribution < 1.29 is 0 Å². The van der Waals surface area contributed by atoms with Crippen LogP contribution in [0.4, 0.5) is 0 Å². The van der Waals surface area contributed by atoms with Gasteiger partial charge in [-0.2, -0.15) is 0 Å². The third kappa shape index (κ3) is 2.30. The second kappa shape index (κ2) is 4.83. The Balaban J connectivity index is 2.98. The van der Waals surface area contributed by atoms with Crippen molar-refractivity contribution in [3.05, 3.63) is 18.2 Å². The van der Waals surface area contributed by atoms with Crippen LogP contribution >= 0.6 is 11.6 Å². The monoisotopic (exact) mass is 214 g/mol. The molecule has 2 atom stereocenters. The highest BCUT2D eigenvalue weighted by atomic mass is 35.5. The van der Waals surface area contributed by atoms with Crippen LogP contribution in [0.1, 0.15) is 39.4 Å². The molecule has 3 heteroatoms. The van der Waals surface area contributed by atoms with Gasteiger partial charge in [-0.05, 0) is 19.8 Å². The standard InChI is InChI=1S/C11H19ClN2/c1-5-14-7-6-13-11(14)10(8(2)3)9(4)12/h6-10H,5H2,1-4H3. The quantitative estimate of drug-likeness (QED) is 0.704. The van der Waals surface area contributed by atoms with Crippen LogP contribution in [-0.4, -0.2) is 14.9 Å². The van der Waals surface area contributed by atoms with Crippen molar-refractivity contribution in [1.82, 2.24) is 9.55 Å². The number of alkyl halides is 1. The Morgan fingerprint density at radius 3 is 2.50 bits per heavy atom. The van der Waals surface area contributed by atoms with Gasteiger partial charge in [0.2, 0.25) is 0 Å². The first kappa shape index (κ1) is 11.6. The van der Waals surface area contributed by atoms with Crippen LogP contribution in [0.3, 0.4) is 0 Å². The summed E-state index contributed by atoms with van der Waals surface area (Å²) in [5.74, 6) is 1.98. The molecule has 0 aliphatic rings. The maximum absolute atomic E-state index is 6.21. The average Bonchev–Trinajstić information content (AvgIpc) is 2.51. The lowest BCUT2D eigenvalue weighted by molar-refractivity contribution is 0.450. The van der Waals surface area contributed by atoms with E-state index in [9.17, 15) is 0 Å². The summed E-state index contributed by atoms with van der Waals surface area (Å²) in [6.45, 7) is 9.51. The summed E-state index contributed by atoms with van der Waals surface area (Å²) in [6, 6.07) is 0. The fourth-order valence-corrected chi connectivity index (χ4v) is 2.32. The lowest BCUT2D eigenvalue weighted by Gasteiger charge is -2.23. The molecule has 0 N–H and O–H groups in total. The smallest absolute Gasteiger partial charge is 0.113 e. The highest BCUT2D eigenvalue weighted by Crippen LogP contribution is 2.29. The van der Waals surface area contributed by atoms with Gasteiger partial charge in [0.1, 0.15) is 5.82 Å². The minimum absolute atomic E-state index is 0.127. The first-order valence-electron chi connectivity index (χ1n) is 5.23. The maximum atomic E-state index is 6.21. The Kier molecular flexibility index (Phi) is 3.99. The molecule has 0 aromatic carbocycles. The van der Waals surface area contributed by atoms with Crippen LogP contribution in [-0.2, 0) is 6.54 Å². The molecule has 2 unspecified atom stereocenters. The summed E-state index contributed by atoms with van der Waals surface area (Å²) >= 11 is 6.21. The number of aryl methyl sites for hydroxylation is 1. The van der Waals surface area contributed by atoms with Gasteiger partial charge in [0.25, 0.3) is 0 Å². The van der Waals surface area contributed by atoms with Crippen molar-refractivity contribution in [3.63, 3.8) is 0 Å². The zero-order valence-electron chi connectivity index (χ0n) is 9.37. The molecule has 0 bridgehead atoms. The van der Waals surface area contributed by atoms with E-state index in [-0.39, 0.29) is 5.38 Å². The van der Waals surface area contributed by atoms with E-state index in [4.69, 9.17) is 11.6 Å². The zero-order chi connectivity index (χ0) is 10.7. The number of aromatic nitrogens is 2. The van der Waals surface area contributed by atoms with E-state index in [1.54, 1.807) is 0 Å². The Bertz CT molecular complexity index is 271. The molecular weight excluding hydrogens is 196 g/mol. The van der Waals surface area contributed by atoms with Gasteiger partial charge in [-0.1, -0.05) is 13.8 Å². The van der Waals surface area contributed by atoms with Crippen molar-refractivity contribution in [2.45, 2.75) is 45.5 Å². The number of imidazole rings is 1. The van der Waals surface area contributed by atoms with Crippen LogP contribution in [0.15, 0.2) is 12.4 Å². The van der Waals surface area contributed by atoms with Gasteiger partial charge in [0, 0.05) is 30.2 Å². The van der Waals surface area contributed by atoms with E-state index in [0.717, 1.165) is 12.4 Å². The van der Waals surface area contributed by atoms with Crippen LogP contribution in [0.5, 0.6) is 0 Å². The summed E-state index contributed by atoms with van der Waals surface area (Å²) in [6.07, 6.45) is 3.87. The molecule has 80 valence electrons. The van der Waals surface area contributed by atoms with Crippen LogP contribution in [0, 0.1) is 5.92 Å². The molecule has 0 saturated carbocycles. The predicted octanol–water partition coefficient (Wildman–Crippen LogP) is 3.27. The fraction of sp³-hybridized carbons (Fsp3) is 0.727. The van der Waals surface area contributed by atoms with Crippen molar-refractivity contribution in [3.8, 4) is 0 Å². The molecule has 0 spiro atoms. The van der Waals surface area contributed by atoms with E-state index in [1.807, 2.05) is 19.3 Å². The molecule has 1 aromatic rings. The van der Waals surface area contributed by atoms with Gasteiger partial charge >= 0.3 is 0 Å². The Morgan fingerprint density at radius 1 is 1.43 bits per heavy atom. The molecule has 0 fully saturated rings. The Labute approximate surface area is 91.3 Å². The predicted molar refractivity (Wildman–Crippen MR) is 60.8 cm³/mol. The minimum atomic E-state index is 0.127. The van der Waals surface area contributed by atoms with Crippen LogP contribution in [0.2, 0.25) is 0 Å². The molecule has 1 rings (SSSR count). The van der Waals surface area contributed by atoms with Gasteiger partial charge in [-0.3, -0.25) is 0 Å². The van der Waals surface area contributed by atoms with Gasteiger partial charge in [-0.25, -0.2) is 4.98 Å². The Hall–Kier alpha value is -0.500. The van der Waals surface area contributed by atoms with Gasteiger partial charge in [0.05, 0.1) is 0 Å². The van der Waals surface area contributed by atoms with Crippen LogP contribution in [0.25, 0.3) is 0 Å². The third-order valence-corrected chi connectivity index (χ3v) is 2.87. The molecule has 0 aliphatic heterocycles. The number of hydrogen-bond donors (Lipinski definition) is 0. The highest BCUT2D eigenvalue weighted by Gasteiger charge is 2.24. The molecule has 14 heavy (non-hydrogen) atoms. The van der Waals surface area contributed by atoms with Crippen LogP contribution < -0.4 is 0 Å². The van der Waals surface area contributed by atoms with Gasteiger partial charge < -0.3 is 4.57 Å². The topological polar surface area (TPSA) is 17.8 Å². The molecule has 1 aromatic heterocycles. The summed E-state index contributed by atoms with van der Waals surface area (Å²) in [7, 11) is 0. The van der Waals surface area contributed by atoms with Gasteiger partial charge in [0.15, 0.2) is 0 Å². The second-order valence-electron chi connectivity index (χ2n) is 4.02. The summed E-state index contributed by atoms with van der Waals surface area (Å²) in [5.41, 5.74) is 0. The van der Waals surface area contributed by atoms with E-state index in [1.165, 1.54) is 0 Å². The molecule has 0 saturated heterocycles. The van der Waals surface area contributed by atoms with E-state index >= 15 is 0 Å². The summed E-state index contributed by atoms with van der Waals surface area (Å²) in [5, 5.41) is 0.127. The largest absolute Gasteiger partial charge is 0.335 e. The maximum Gasteiger partial charge on any atom is 0.113 e. The van der Waals surface area contributed by atoms with E-state index in [2.05, 4.69) is 30.3 Å². The number of hydrogen-bond acceptors (Lipinski definition) is 1. The number of halogens is 1. The first-order valence-corrected chi connectivity index (χ1v) is 5.66. The zero-order valence-corrected chi connectivity index (χ0v) is 10.1. The second-order valence-corrected chi connectivity index (χ2v) is 4.71. The molecule has 0 aliphatic carbocycles. The average molecular weight is 215 g/mol. The van der Waals surface area contributed by atoms with Crippen molar-refractivity contribution in [1.29, 1.82) is 0 Å². The lowest BCUT2D eigenvalue weighted by atomic mass is 9.92. The van der Waals surface area contributed by atoms with E-state index in [0.29, 0.717) is 11.8 Å². The third-order valence-electron chi connectivity index (χ3n) is 2.60. The summed E-state index contributed by atoms with van der Waals surface area (Å²) < 4.78 is 2.17. The normalized spacial score (nSPS) is 15.9. The SMILES string of the molecule is CCn1ccnc1C(C(C)C)C(C)Cl. The first-order chi connectivity index (χ1) is 6.57. The lowest BCUT2D eigenvalue weighted by Crippen LogP contribution is -2.20. The van der Waals surface area contributed by atoms with Crippen molar-refractivity contribution in [2.24, 2.45) is 5.92 Å². The van der Waals surface area contributed by atoms with E-state index < -0.39 is 0 Å². The molecule has 0 radical (unpaired) electrons. The fourth-order valence-electron chi connectivity index (χ4n) is 1.92. The van der Waals surface area contributed by atoms with Gasteiger partial charge in [-0.15, -0.1) is 11.6 Å². The molecule has 1 heterocycles. The molecule has 2 nitrogen and oxygen atoms in total.